The molecule has 206 valence electrons. The molecular formula is C42H27NS. The number of hydrogen-bond donors (Lipinski definition) is 0. The molecule has 0 aliphatic carbocycles. The summed E-state index contributed by atoms with van der Waals surface area (Å²) in [4.78, 5) is 2.45. The van der Waals surface area contributed by atoms with Crippen molar-refractivity contribution in [1.82, 2.24) is 0 Å². The van der Waals surface area contributed by atoms with Crippen molar-refractivity contribution in [3.05, 3.63) is 164 Å². The zero-order valence-corrected chi connectivity index (χ0v) is 24.8. The molecule has 0 bridgehead atoms. The predicted molar refractivity (Wildman–Crippen MR) is 192 cm³/mol. The maximum atomic E-state index is 2.45. The van der Waals surface area contributed by atoms with Gasteiger partial charge in [0.05, 0.1) is 16.1 Å². The fourth-order valence-corrected chi connectivity index (χ4v) is 7.96. The Morgan fingerprint density at radius 1 is 0.386 bits per heavy atom. The van der Waals surface area contributed by atoms with Gasteiger partial charge in [-0.25, -0.2) is 0 Å². The Hall–Kier alpha value is -5.44. The second-order valence-corrected chi connectivity index (χ2v) is 12.4. The van der Waals surface area contributed by atoms with E-state index in [1.165, 1.54) is 75.0 Å². The van der Waals surface area contributed by atoms with Gasteiger partial charge in [-0.15, -0.1) is 11.3 Å². The van der Waals surface area contributed by atoms with Crippen molar-refractivity contribution in [2.24, 2.45) is 0 Å². The quantitative estimate of drug-likeness (QED) is 0.201. The molecule has 0 saturated heterocycles. The van der Waals surface area contributed by atoms with Crippen LogP contribution in [-0.2, 0) is 0 Å². The monoisotopic (exact) mass is 577 g/mol. The van der Waals surface area contributed by atoms with Gasteiger partial charge in [-0.2, -0.15) is 0 Å². The largest absolute Gasteiger partial charge is 0.308 e. The molecule has 0 N–H and O–H groups in total. The van der Waals surface area contributed by atoms with E-state index in [0.29, 0.717) is 0 Å². The minimum atomic E-state index is 1.14. The summed E-state index contributed by atoms with van der Waals surface area (Å²) in [5.74, 6) is 0. The van der Waals surface area contributed by atoms with Gasteiger partial charge in [0.25, 0.3) is 0 Å². The van der Waals surface area contributed by atoms with Gasteiger partial charge in [0.1, 0.15) is 0 Å². The Balaban J connectivity index is 1.28. The van der Waals surface area contributed by atoms with Crippen LogP contribution in [0.3, 0.4) is 0 Å². The molecule has 0 atom stereocenters. The lowest BCUT2D eigenvalue weighted by atomic mass is 9.98. The first-order chi connectivity index (χ1) is 21.8. The molecule has 9 rings (SSSR count). The summed E-state index contributed by atoms with van der Waals surface area (Å²) >= 11 is 1.89. The van der Waals surface area contributed by atoms with Crippen LogP contribution < -0.4 is 4.90 Å². The molecule has 1 nitrogen and oxygen atoms in total. The van der Waals surface area contributed by atoms with Crippen LogP contribution >= 0.6 is 11.3 Å². The molecule has 0 unspecified atom stereocenters. The summed E-state index contributed by atoms with van der Waals surface area (Å²) < 4.78 is 2.61. The van der Waals surface area contributed by atoms with Gasteiger partial charge in [-0.1, -0.05) is 127 Å². The third-order valence-corrected chi connectivity index (χ3v) is 10.0. The summed E-state index contributed by atoms with van der Waals surface area (Å²) in [7, 11) is 0. The molecule has 0 spiro atoms. The zero-order valence-electron chi connectivity index (χ0n) is 23.9. The van der Waals surface area contributed by atoms with E-state index in [9.17, 15) is 0 Å². The smallest absolute Gasteiger partial charge is 0.0640 e. The first-order valence-electron chi connectivity index (χ1n) is 15.0. The molecule has 0 radical (unpaired) electrons. The highest BCUT2D eigenvalue weighted by Crippen LogP contribution is 2.47. The van der Waals surface area contributed by atoms with Crippen molar-refractivity contribution in [3.8, 4) is 11.1 Å². The number of thiophene rings is 1. The maximum absolute atomic E-state index is 2.45. The van der Waals surface area contributed by atoms with E-state index >= 15 is 0 Å². The average Bonchev–Trinajstić information content (AvgIpc) is 3.45. The van der Waals surface area contributed by atoms with Crippen LogP contribution in [0.1, 0.15) is 0 Å². The van der Waals surface area contributed by atoms with Gasteiger partial charge in [0, 0.05) is 26.5 Å². The van der Waals surface area contributed by atoms with E-state index < -0.39 is 0 Å². The van der Waals surface area contributed by atoms with E-state index in [1.807, 2.05) is 11.3 Å². The molecule has 0 saturated carbocycles. The first-order valence-corrected chi connectivity index (χ1v) is 15.8. The third-order valence-electron chi connectivity index (χ3n) is 8.82. The van der Waals surface area contributed by atoms with Crippen molar-refractivity contribution in [1.29, 1.82) is 0 Å². The molecule has 0 aliphatic rings. The van der Waals surface area contributed by atoms with Gasteiger partial charge in [-0.05, 0) is 74.5 Å². The topological polar surface area (TPSA) is 3.24 Å². The maximum Gasteiger partial charge on any atom is 0.0640 e. The SMILES string of the molecule is c1ccc2cc3c(cc2c1)sc1c(N(c2ccc(-c4cccc5ccccc45)cc2)c2cccc4ccccc24)cccc13. The number of fused-ring (bicyclic) bond motifs is 6. The molecular weight excluding hydrogens is 551 g/mol. The second-order valence-electron chi connectivity index (χ2n) is 11.4. The molecule has 2 heteroatoms. The number of anilines is 3. The van der Waals surface area contributed by atoms with Gasteiger partial charge in [-0.3, -0.25) is 0 Å². The fourth-order valence-electron chi connectivity index (χ4n) is 6.72. The number of benzene rings is 8. The van der Waals surface area contributed by atoms with E-state index in [2.05, 4.69) is 169 Å². The van der Waals surface area contributed by atoms with E-state index in [0.717, 1.165) is 5.69 Å². The number of hydrogen-bond acceptors (Lipinski definition) is 2. The summed E-state index contributed by atoms with van der Waals surface area (Å²) in [6.45, 7) is 0. The molecule has 0 fully saturated rings. The summed E-state index contributed by atoms with van der Waals surface area (Å²) in [6.07, 6.45) is 0. The van der Waals surface area contributed by atoms with Crippen molar-refractivity contribution < 1.29 is 0 Å². The Bertz CT molecular complexity index is 2490. The highest BCUT2D eigenvalue weighted by atomic mass is 32.1. The van der Waals surface area contributed by atoms with E-state index in [4.69, 9.17) is 0 Å². The summed E-state index contributed by atoms with van der Waals surface area (Å²) in [5.41, 5.74) is 5.99. The summed E-state index contributed by atoms with van der Waals surface area (Å²) in [5, 5.41) is 10.2. The van der Waals surface area contributed by atoms with Crippen molar-refractivity contribution in [3.63, 3.8) is 0 Å². The molecule has 1 aromatic heterocycles. The molecule has 1 heterocycles. The summed E-state index contributed by atoms with van der Waals surface area (Å²) in [6, 6.07) is 59.7. The molecule has 44 heavy (non-hydrogen) atoms. The van der Waals surface area contributed by atoms with Crippen LogP contribution in [0.25, 0.3) is 63.6 Å². The highest BCUT2D eigenvalue weighted by molar-refractivity contribution is 7.26. The minimum Gasteiger partial charge on any atom is -0.308 e. The molecule has 9 aromatic rings. The zero-order chi connectivity index (χ0) is 29.0. The first kappa shape index (κ1) is 25.1. The van der Waals surface area contributed by atoms with Gasteiger partial charge in [0.2, 0.25) is 0 Å². The molecule has 8 aromatic carbocycles. The lowest BCUT2D eigenvalue weighted by molar-refractivity contribution is 1.32. The normalized spacial score (nSPS) is 11.6. The van der Waals surface area contributed by atoms with Gasteiger partial charge >= 0.3 is 0 Å². The van der Waals surface area contributed by atoms with Crippen LogP contribution in [0.5, 0.6) is 0 Å². The van der Waals surface area contributed by atoms with Gasteiger partial charge in [0.15, 0.2) is 0 Å². The number of rotatable bonds is 4. The van der Waals surface area contributed by atoms with Crippen molar-refractivity contribution >= 4 is 80.9 Å². The molecule has 0 aliphatic heterocycles. The van der Waals surface area contributed by atoms with Crippen LogP contribution in [-0.4, -0.2) is 0 Å². The van der Waals surface area contributed by atoms with E-state index in [-0.39, 0.29) is 0 Å². The Kier molecular flexibility index (Phi) is 5.75. The van der Waals surface area contributed by atoms with Crippen molar-refractivity contribution in [2.45, 2.75) is 0 Å². The van der Waals surface area contributed by atoms with Crippen molar-refractivity contribution in [2.75, 3.05) is 4.90 Å². The van der Waals surface area contributed by atoms with Crippen LogP contribution in [0.15, 0.2) is 164 Å². The second kappa shape index (κ2) is 10.1. The van der Waals surface area contributed by atoms with Crippen LogP contribution in [0.2, 0.25) is 0 Å². The van der Waals surface area contributed by atoms with Crippen LogP contribution in [0, 0.1) is 0 Å². The lowest BCUT2D eigenvalue weighted by Gasteiger charge is -2.27. The minimum absolute atomic E-state index is 1.14. The number of nitrogens with zero attached hydrogens (tertiary/aromatic N) is 1. The van der Waals surface area contributed by atoms with Gasteiger partial charge < -0.3 is 4.90 Å². The third kappa shape index (κ3) is 4.00. The Labute approximate surface area is 259 Å². The standard InChI is InChI=1S/C42H27NS/c1-2-13-32-27-41-38(26-31(32)12-1)37-19-9-21-40(42(37)44-41)43(39-20-8-15-29-11-4-6-17-36(29)39)33-24-22-30(23-25-33)35-18-7-14-28-10-3-5-16-34(28)35/h1-27H. The predicted octanol–water partition coefficient (Wildman–Crippen LogP) is 12.7. The van der Waals surface area contributed by atoms with Crippen LogP contribution in [0.4, 0.5) is 17.1 Å². The Morgan fingerprint density at radius 2 is 0.955 bits per heavy atom. The molecule has 0 amide bonds. The fraction of sp³-hybridized carbons (Fsp3) is 0. The Morgan fingerprint density at radius 3 is 1.75 bits per heavy atom. The average molecular weight is 578 g/mol. The highest BCUT2D eigenvalue weighted by Gasteiger charge is 2.20. The van der Waals surface area contributed by atoms with E-state index in [1.54, 1.807) is 0 Å². The lowest BCUT2D eigenvalue weighted by Crippen LogP contribution is -2.10.